The largest absolute Gasteiger partial charge is 0.335 e. The van der Waals surface area contributed by atoms with Gasteiger partial charge in [0.05, 0.1) is 11.0 Å². The van der Waals surface area contributed by atoms with Crippen LogP contribution in [0.3, 0.4) is 0 Å². The molecule has 2 aliphatic heterocycles. The third-order valence-electron chi connectivity index (χ3n) is 6.96. The van der Waals surface area contributed by atoms with Gasteiger partial charge in [-0.3, -0.25) is 14.5 Å². The second-order valence-corrected chi connectivity index (χ2v) is 9.69. The lowest BCUT2D eigenvalue weighted by molar-refractivity contribution is -0.117. The van der Waals surface area contributed by atoms with Crippen LogP contribution in [-0.2, 0) is 4.79 Å². The molecule has 9 heteroatoms. The van der Waals surface area contributed by atoms with E-state index in [2.05, 4.69) is 9.88 Å². The van der Waals surface area contributed by atoms with E-state index in [1.165, 1.54) is 23.5 Å². The van der Waals surface area contributed by atoms with Gasteiger partial charge in [0.2, 0.25) is 5.91 Å². The van der Waals surface area contributed by atoms with Gasteiger partial charge >= 0.3 is 0 Å². The van der Waals surface area contributed by atoms with Crippen molar-refractivity contribution in [3.05, 3.63) is 77.1 Å². The molecule has 0 N–H and O–H groups in total. The number of halogens is 1. The second-order valence-electron chi connectivity index (χ2n) is 8.97. The molecule has 0 spiro atoms. The molecule has 35 heavy (non-hydrogen) atoms. The maximum atomic E-state index is 13.3. The summed E-state index contributed by atoms with van der Waals surface area (Å²) >= 11 is 1.43. The number of amides is 2. The Morgan fingerprint density at radius 1 is 1.00 bits per heavy atom. The van der Waals surface area contributed by atoms with Crippen LogP contribution >= 0.6 is 11.3 Å². The highest BCUT2D eigenvalue weighted by Gasteiger charge is 2.36. The van der Waals surface area contributed by atoms with E-state index < -0.39 is 0 Å². The lowest BCUT2D eigenvalue weighted by atomic mass is 10.2. The van der Waals surface area contributed by atoms with Crippen LogP contribution in [0.25, 0.3) is 16.6 Å². The summed E-state index contributed by atoms with van der Waals surface area (Å²) in [6.07, 6.45) is 2.44. The minimum absolute atomic E-state index is 0.0177. The number of hydrogen-bond acceptors (Lipinski definition) is 5. The first kappa shape index (κ1) is 21.9. The molecule has 0 radical (unpaired) electrons. The standard InChI is InChI=1S/C26H24FN5O2S/c27-19-1-3-20(4-2-19)31-8-7-18-13-21(5-6-24(18)31)32-15-22(14-25(32)33)29-9-11-30(12-10-29)26(34)23-16-35-17-28-23/h1-8,13,16-17,22H,9-12,14-15H2. The maximum Gasteiger partial charge on any atom is 0.273 e. The average Bonchev–Trinajstić information content (AvgIpc) is 3.64. The quantitative estimate of drug-likeness (QED) is 0.438. The first-order valence-corrected chi connectivity index (χ1v) is 12.6. The number of anilines is 1. The molecule has 2 aromatic heterocycles. The number of nitrogens with zero attached hydrogens (tertiary/aromatic N) is 5. The zero-order chi connectivity index (χ0) is 23.9. The van der Waals surface area contributed by atoms with Gasteiger partial charge in [0.15, 0.2) is 0 Å². The van der Waals surface area contributed by atoms with Crippen LogP contribution in [0.1, 0.15) is 16.9 Å². The van der Waals surface area contributed by atoms with Crippen LogP contribution < -0.4 is 4.90 Å². The lowest BCUT2D eigenvalue weighted by Crippen LogP contribution is -2.52. The normalized spacial score (nSPS) is 19.1. The number of rotatable bonds is 4. The van der Waals surface area contributed by atoms with Crippen molar-refractivity contribution < 1.29 is 14.0 Å². The van der Waals surface area contributed by atoms with E-state index in [0.717, 1.165) is 35.4 Å². The molecule has 6 rings (SSSR count). The highest BCUT2D eigenvalue weighted by atomic mass is 32.1. The Kier molecular flexibility index (Phi) is 5.58. The minimum atomic E-state index is -0.262. The Bertz CT molecular complexity index is 1380. The first-order chi connectivity index (χ1) is 17.1. The average molecular weight is 490 g/mol. The molecule has 4 heterocycles. The molecule has 2 amide bonds. The molecule has 0 aliphatic carbocycles. The fourth-order valence-electron chi connectivity index (χ4n) is 5.08. The van der Waals surface area contributed by atoms with Crippen molar-refractivity contribution in [1.82, 2.24) is 19.4 Å². The predicted octanol–water partition coefficient (Wildman–Crippen LogP) is 3.79. The molecule has 1 atom stereocenters. The number of carbonyl (C=O) groups is 2. The highest BCUT2D eigenvalue weighted by Crippen LogP contribution is 2.30. The van der Waals surface area contributed by atoms with Gasteiger partial charge in [-0.1, -0.05) is 0 Å². The SMILES string of the molecule is O=C(c1cscn1)N1CCN(C2CC(=O)N(c3ccc4c(ccn4-c4ccc(F)cc4)c3)C2)CC1. The van der Waals surface area contributed by atoms with E-state index in [4.69, 9.17) is 0 Å². The van der Waals surface area contributed by atoms with E-state index >= 15 is 0 Å². The molecule has 2 aliphatic rings. The topological polar surface area (TPSA) is 61.7 Å². The van der Waals surface area contributed by atoms with E-state index in [1.54, 1.807) is 23.0 Å². The van der Waals surface area contributed by atoms with Gasteiger partial charge in [-0.25, -0.2) is 9.37 Å². The monoisotopic (exact) mass is 489 g/mol. The number of carbonyl (C=O) groups excluding carboxylic acids is 2. The smallest absolute Gasteiger partial charge is 0.273 e. The summed E-state index contributed by atoms with van der Waals surface area (Å²) in [4.78, 5) is 35.7. The Balaban J connectivity index is 1.14. The number of hydrogen-bond donors (Lipinski definition) is 0. The summed E-state index contributed by atoms with van der Waals surface area (Å²) in [6.45, 7) is 3.43. The maximum absolute atomic E-state index is 13.3. The third kappa shape index (κ3) is 4.11. The molecule has 178 valence electrons. The fraction of sp³-hybridized carbons (Fsp3) is 0.269. The van der Waals surface area contributed by atoms with E-state index in [9.17, 15) is 14.0 Å². The van der Waals surface area contributed by atoms with E-state index in [1.807, 2.05) is 44.8 Å². The first-order valence-electron chi connectivity index (χ1n) is 11.7. The number of thiazole rings is 1. The molecule has 0 saturated carbocycles. The Morgan fingerprint density at radius 3 is 2.51 bits per heavy atom. The van der Waals surface area contributed by atoms with Gasteiger partial charge in [-0.15, -0.1) is 11.3 Å². The molecule has 7 nitrogen and oxygen atoms in total. The van der Waals surface area contributed by atoms with Gasteiger partial charge in [0, 0.05) is 73.5 Å². The summed E-state index contributed by atoms with van der Waals surface area (Å²) in [5.74, 6) is -0.161. The molecule has 2 fully saturated rings. The van der Waals surface area contributed by atoms with E-state index in [-0.39, 0.29) is 23.7 Å². The lowest BCUT2D eigenvalue weighted by Gasteiger charge is -2.37. The fourth-order valence-corrected chi connectivity index (χ4v) is 5.60. The summed E-state index contributed by atoms with van der Waals surface area (Å²) in [5.41, 5.74) is 4.97. The summed E-state index contributed by atoms with van der Waals surface area (Å²) in [6, 6.07) is 14.6. The Morgan fingerprint density at radius 2 is 1.77 bits per heavy atom. The van der Waals surface area contributed by atoms with Crippen molar-refractivity contribution >= 4 is 39.7 Å². The third-order valence-corrected chi connectivity index (χ3v) is 7.55. The van der Waals surface area contributed by atoms with E-state index in [0.29, 0.717) is 31.7 Å². The van der Waals surface area contributed by atoms with Gasteiger partial charge in [-0.05, 0) is 48.5 Å². The van der Waals surface area contributed by atoms with Crippen LogP contribution in [0.5, 0.6) is 0 Å². The highest BCUT2D eigenvalue weighted by molar-refractivity contribution is 7.07. The van der Waals surface area contributed by atoms with Crippen molar-refractivity contribution in [2.24, 2.45) is 0 Å². The van der Waals surface area contributed by atoms with Crippen LogP contribution in [0.2, 0.25) is 0 Å². The minimum Gasteiger partial charge on any atom is -0.335 e. The predicted molar refractivity (Wildman–Crippen MR) is 134 cm³/mol. The van der Waals surface area contributed by atoms with Gasteiger partial charge in [-0.2, -0.15) is 0 Å². The van der Waals surface area contributed by atoms with Crippen molar-refractivity contribution in [3.8, 4) is 5.69 Å². The summed E-state index contributed by atoms with van der Waals surface area (Å²) in [7, 11) is 0. The van der Waals surface area contributed by atoms with Crippen molar-refractivity contribution in [2.45, 2.75) is 12.5 Å². The van der Waals surface area contributed by atoms with Crippen molar-refractivity contribution in [1.29, 1.82) is 0 Å². The van der Waals surface area contributed by atoms with Crippen LogP contribution in [0.4, 0.5) is 10.1 Å². The van der Waals surface area contributed by atoms with Gasteiger partial charge < -0.3 is 14.4 Å². The molecule has 2 aromatic carbocycles. The molecule has 0 bridgehead atoms. The van der Waals surface area contributed by atoms with Crippen LogP contribution in [-0.4, -0.2) is 69.9 Å². The zero-order valence-corrected chi connectivity index (χ0v) is 19.8. The number of fused-ring (bicyclic) bond motifs is 1. The van der Waals surface area contributed by atoms with Crippen LogP contribution in [0, 0.1) is 5.82 Å². The zero-order valence-electron chi connectivity index (χ0n) is 19.0. The molecule has 1 unspecified atom stereocenters. The summed E-state index contributed by atoms with van der Waals surface area (Å²) < 4.78 is 15.3. The molecule has 2 saturated heterocycles. The molecular formula is C26H24FN5O2S. The molecular weight excluding hydrogens is 465 g/mol. The number of aromatic nitrogens is 2. The van der Waals surface area contributed by atoms with Gasteiger partial charge in [0.25, 0.3) is 5.91 Å². The number of piperazine rings is 1. The second kappa shape index (κ2) is 8.90. The van der Waals surface area contributed by atoms with Crippen molar-refractivity contribution in [2.75, 3.05) is 37.6 Å². The number of benzene rings is 2. The van der Waals surface area contributed by atoms with Crippen molar-refractivity contribution in [3.63, 3.8) is 0 Å². The molecule has 4 aromatic rings. The van der Waals surface area contributed by atoms with Crippen LogP contribution in [0.15, 0.2) is 65.6 Å². The Labute approximate surface area is 206 Å². The summed E-state index contributed by atoms with van der Waals surface area (Å²) in [5, 5.41) is 2.81. The van der Waals surface area contributed by atoms with Gasteiger partial charge in [0.1, 0.15) is 11.5 Å². The Hall–Kier alpha value is -3.56.